The first-order valence-electron chi connectivity index (χ1n) is 5.27. The van der Waals surface area contributed by atoms with Crippen LogP contribution in [0, 0.1) is 0 Å². The van der Waals surface area contributed by atoms with Crippen molar-refractivity contribution in [1.82, 2.24) is 10.3 Å². The molecule has 0 amide bonds. The Balaban J connectivity index is 2.40. The predicted octanol–water partition coefficient (Wildman–Crippen LogP) is 2.17. The van der Waals surface area contributed by atoms with Gasteiger partial charge in [-0.15, -0.1) is 0 Å². The number of anilines is 1. The van der Waals surface area contributed by atoms with Crippen molar-refractivity contribution in [2.45, 2.75) is 13.3 Å². The molecule has 15 heavy (non-hydrogen) atoms. The zero-order valence-corrected chi connectivity index (χ0v) is 10.1. The fourth-order valence-electron chi connectivity index (χ4n) is 1.35. The Morgan fingerprint density at radius 2 is 2.27 bits per heavy atom. The molecule has 0 atom stereocenters. The first-order chi connectivity index (χ1) is 7.25. The molecule has 1 heterocycles. The average molecular weight is 228 g/mol. The summed E-state index contributed by atoms with van der Waals surface area (Å²) < 4.78 is 0. The van der Waals surface area contributed by atoms with Gasteiger partial charge >= 0.3 is 0 Å². The van der Waals surface area contributed by atoms with E-state index >= 15 is 0 Å². The summed E-state index contributed by atoms with van der Waals surface area (Å²) >= 11 is 6.03. The molecule has 84 valence electrons. The Labute approximate surface area is 96.5 Å². The van der Waals surface area contributed by atoms with Crippen LogP contribution in [0.5, 0.6) is 0 Å². The molecule has 1 aromatic heterocycles. The number of likely N-dealkylation sites (N-methyl/N-ethyl adjacent to an activating group) is 1. The van der Waals surface area contributed by atoms with Crippen molar-refractivity contribution in [3.63, 3.8) is 0 Å². The van der Waals surface area contributed by atoms with Gasteiger partial charge in [-0.3, -0.25) is 4.98 Å². The van der Waals surface area contributed by atoms with Crippen molar-refractivity contribution in [3.8, 4) is 0 Å². The van der Waals surface area contributed by atoms with Crippen LogP contribution in [-0.2, 0) is 0 Å². The molecule has 3 nitrogen and oxygen atoms in total. The van der Waals surface area contributed by atoms with E-state index in [1.165, 1.54) is 6.42 Å². The Bertz CT molecular complexity index is 291. The highest BCUT2D eigenvalue weighted by atomic mass is 35.5. The zero-order valence-electron chi connectivity index (χ0n) is 9.33. The lowest BCUT2D eigenvalue weighted by molar-refractivity contribution is 0.666. The maximum atomic E-state index is 6.03. The number of nitrogens with one attached hydrogen (secondary N) is 1. The summed E-state index contributed by atoms with van der Waals surface area (Å²) in [6, 6.07) is 1.93. The standard InChI is InChI=1S/C11H18ClN3/c1-3-5-13-7-8-15(2)11-4-6-14-9-10(11)12/h4,6,9,13H,3,5,7-8H2,1-2H3. The molecule has 1 N–H and O–H groups in total. The fraction of sp³-hybridized carbons (Fsp3) is 0.545. The number of hydrogen-bond acceptors (Lipinski definition) is 3. The van der Waals surface area contributed by atoms with Crippen LogP contribution in [0.3, 0.4) is 0 Å². The summed E-state index contributed by atoms with van der Waals surface area (Å²) in [6.07, 6.45) is 4.60. The predicted molar refractivity (Wildman–Crippen MR) is 65.7 cm³/mol. The van der Waals surface area contributed by atoms with Crippen molar-refractivity contribution in [3.05, 3.63) is 23.5 Å². The largest absolute Gasteiger partial charge is 0.372 e. The van der Waals surface area contributed by atoms with Gasteiger partial charge < -0.3 is 10.2 Å². The van der Waals surface area contributed by atoms with Gasteiger partial charge in [-0.2, -0.15) is 0 Å². The SMILES string of the molecule is CCCNCCN(C)c1ccncc1Cl. The topological polar surface area (TPSA) is 28.2 Å². The summed E-state index contributed by atoms with van der Waals surface area (Å²) in [5.74, 6) is 0. The number of rotatable bonds is 6. The fourth-order valence-corrected chi connectivity index (χ4v) is 1.61. The number of hydrogen-bond donors (Lipinski definition) is 1. The van der Waals surface area contributed by atoms with Gasteiger partial charge in [0.15, 0.2) is 0 Å². The molecular weight excluding hydrogens is 210 g/mol. The smallest absolute Gasteiger partial charge is 0.0822 e. The molecule has 0 saturated carbocycles. The van der Waals surface area contributed by atoms with Gasteiger partial charge in [0.2, 0.25) is 0 Å². The lowest BCUT2D eigenvalue weighted by Crippen LogP contribution is -2.29. The Morgan fingerprint density at radius 1 is 1.47 bits per heavy atom. The summed E-state index contributed by atoms with van der Waals surface area (Å²) in [6.45, 7) is 5.15. The van der Waals surface area contributed by atoms with E-state index in [9.17, 15) is 0 Å². The van der Waals surface area contributed by atoms with E-state index in [1.807, 2.05) is 13.1 Å². The second-order valence-corrected chi connectivity index (χ2v) is 3.91. The van der Waals surface area contributed by atoms with E-state index in [-0.39, 0.29) is 0 Å². The highest BCUT2D eigenvalue weighted by Crippen LogP contribution is 2.22. The van der Waals surface area contributed by atoms with Crippen LogP contribution in [-0.4, -0.2) is 31.7 Å². The van der Waals surface area contributed by atoms with Crippen LogP contribution in [0.25, 0.3) is 0 Å². The van der Waals surface area contributed by atoms with Crippen molar-refractivity contribution < 1.29 is 0 Å². The van der Waals surface area contributed by atoms with E-state index < -0.39 is 0 Å². The first kappa shape index (κ1) is 12.3. The minimum absolute atomic E-state index is 0.704. The molecule has 4 heteroatoms. The quantitative estimate of drug-likeness (QED) is 0.756. The van der Waals surface area contributed by atoms with Gasteiger partial charge in [-0.05, 0) is 19.0 Å². The summed E-state index contributed by atoms with van der Waals surface area (Å²) in [5.41, 5.74) is 1.03. The van der Waals surface area contributed by atoms with E-state index in [2.05, 4.69) is 22.1 Å². The third kappa shape index (κ3) is 4.06. The molecule has 0 fully saturated rings. The summed E-state index contributed by atoms with van der Waals surface area (Å²) in [4.78, 5) is 6.09. The summed E-state index contributed by atoms with van der Waals surface area (Å²) in [5, 5.41) is 4.06. The Hall–Kier alpha value is -0.800. The van der Waals surface area contributed by atoms with Crippen molar-refractivity contribution >= 4 is 17.3 Å². The lowest BCUT2D eigenvalue weighted by atomic mass is 10.3. The molecule has 0 radical (unpaired) electrons. The average Bonchev–Trinajstić information content (AvgIpc) is 2.25. The third-order valence-electron chi connectivity index (χ3n) is 2.21. The second-order valence-electron chi connectivity index (χ2n) is 3.50. The number of halogens is 1. The second kappa shape index (κ2) is 6.64. The van der Waals surface area contributed by atoms with Crippen molar-refractivity contribution in [2.24, 2.45) is 0 Å². The van der Waals surface area contributed by atoms with Gasteiger partial charge in [-0.25, -0.2) is 0 Å². The molecule has 0 aliphatic heterocycles. The van der Waals surface area contributed by atoms with Gasteiger partial charge in [0.25, 0.3) is 0 Å². The van der Waals surface area contributed by atoms with Crippen LogP contribution in [0.15, 0.2) is 18.5 Å². The Morgan fingerprint density at radius 3 is 2.93 bits per heavy atom. The van der Waals surface area contributed by atoms with E-state index in [1.54, 1.807) is 12.4 Å². The first-order valence-corrected chi connectivity index (χ1v) is 5.65. The maximum Gasteiger partial charge on any atom is 0.0822 e. The molecule has 0 aliphatic rings. The lowest BCUT2D eigenvalue weighted by Gasteiger charge is -2.20. The minimum Gasteiger partial charge on any atom is -0.372 e. The number of pyridine rings is 1. The van der Waals surface area contributed by atoms with E-state index in [4.69, 9.17) is 11.6 Å². The van der Waals surface area contributed by atoms with Crippen LogP contribution in [0.2, 0.25) is 5.02 Å². The molecular formula is C11H18ClN3. The number of aromatic nitrogens is 1. The Kier molecular flexibility index (Phi) is 5.43. The highest BCUT2D eigenvalue weighted by Gasteiger charge is 2.04. The molecule has 0 bridgehead atoms. The zero-order chi connectivity index (χ0) is 11.1. The number of nitrogens with zero attached hydrogens (tertiary/aromatic N) is 2. The molecule has 0 unspecified atom stereocenters. The van der Waals surface area contributed by atoms with Gasteiger partial charge in [0, 0.05) is 32.5 Å². The van der Waals surface area contributed by atoms with Gasteiger partial charge in [0.05, 0.1) is 10.7 Å². The van der Waals surface area contributed by atoms with E-state index in [0.717, 1.165) is 25.3 Å². The van der Waals surface area contributed by atoms with Crippen LogP contribution in [0.4, 0.5) is 5.69 Å². The molecule has 0 saturated heterocycles. The normalized spacial score (nSPS) is 10.3. The maximum absolute atomic E-state index is 6.03. The van der Waals surface area contributed by atoms with Crippen LogP contribution >= 0.6 is 11.6 Å². The van der Waals surface area contributed by atoms with Crippen molar-refractivity contribution in [1.29, 1.82) is 0 Å². The molecule has 0 spiro atoms. The molecule has 1 aromatic rings. The molecule has 0 aromatic carbocycles. The highest BCUT2D eigenvalue weighted by molar-refractivity contribution is 6.33. The third-order valence-corrected chi connectivity index (χ3v) is 2.50. The molecule has 0 aliphatic carbocycles. The van der Waals surface area contributed by atoms with Gasteiger partial charge in [-0.1, -0.05) is 18.5 Å². The van der Waals surface area contributed by atoms with Crippen molar-refractivity contribution in [2.75, 3.05) is 31.6 Å². The molecule has 1 rings (SSSR count). The van der Waals surface area contributed by atoms with Crippen LogP contribution in [0.1, 0.15) is 13.3 Å². The van der Waals surface area contributed by atoms with E-state index in [0.29, 0.717) is 5.02 Å². The van der Waals surface area contributed by atoms with Gasteiger partial charge in [0.1, 0.15) is 0 Å². The monoisotopic (exact) mass is 227 g/mol. The minimum atomic E-state index is 0.704. The summed E-state index contributed by atoms with van der Waals surface area (Å²) in [7, 11) is 2.04. The van der Waals surface area contributed by atoms with Crippen LogP contribution < -0.4 is 10.2 Å².